The van der Waals surface area contributed by atoms with Crippen molar-refractivity contribution in [2.45, 2.75) is 38.9 Å². The van der Waals surface area contributed by atoms with E-state index < -0.39 is 0 Å². The fourth-order valence-corrected chi connectivity index (χ4v) is 5.91. The molecule has 0 aliphatic heterocycles. The zero-order valence-corrected chi connectivity index (χ0v) is 22.5. The Hall–Kier alpha value is -2.88. The van der Waals surface area contributed by atoms with Crippen LogP contribution < -0.4 is 4.74 Å². The third-order valence-corrected chi connectivity index (χ3v) is 7.71. The number of rotatable bonds is 10. The third kappa shape index (κ3) is 5.07. The van der Waals surface area contributed by atoms with E-state index in [-0.39, 0.29) is 17.6 Å². The maximum Gasteiger partial charge on any atom is 0.196 e. The van der Waals surface area contributed by atoms with E-state index in [9.17, 15) is 4.79 Å². The fourth-order valence-electron chi connectivity index (χ4n) is 4.38. The van der Waals surface area contributed by atoms with Crippen LogP contribution in [0.1, 0.15) is 40.3 Å². The summed E-state index contributed by atoms with van der Waals surface area (Å²) >= 11 is 2.98. The highest BCUT2D eigenvalue weighted by Crippen LogP contribution is 2.35. The molecule has 0 spiro atoms. The highest BCUT2D eigenvalue weighted by molar-refractivity contribution is 7.99. The van der Waals surface area contributed by atoms with Gasteiger partial charge in [0.05, 0.1) is 36.1 Å². The van der Waals surface area contributed by atoms with Crippen molar-refractivity contribution in [1.29, 1.82) is 0 Å². The maximum atomic E-state index is 13.3. The van der Waals surface area contributed by atoms with Crippen LogP contribution in [0, 0.1) is 20.8 Å². The van der Waals surface area contributed by atoms with Crippen molar-refractivity contribution in [2.75, 3.05) is 26.6 Å². The average Bonchev–Trinajstić information content (AvgIpc) is 3.56. The molecule has 3 aromatic heterocycles. The molecule has 0 saturated heterocycles. The van der Waals surface area contributed by atoms with Gasteiger partial charge in [-0.05, 0) is 62.9 Å². The SMILES string of the molecule is COC[C@@H](C)n1c(C)cc(C(=O)CSc2nnc(-c3cccs3)n2-c2cc(C)ccc2OC)c1C. The Morgan fingerprint density at radius 2 is 1.94 bits per heavy atom. The van der Waals surface area contributed by atoms with Crippen LogP contribution in [0.3, 0.4) is 0 Å². The molecule has 1 aromatic carbocycles. The summed E-state index contributed by atoms with van der Waals surface area (Å²) < 4.78 is 15.1. The van der Waals surface area contributed by atoms with E-state index in [1.54, 1.807) is 25.6 Å². The topological polar surface area (TPSA) is 71.2 Å². The second kappa shape index (κ2) is 10.8. The summed E-state index contributed by atoms with van der Waals surface area (Å²) in [6.45, 7) is 8.74. The highest BCUT2D eigenvalue weighted by atomic mass is 32.2. The zero-order valence-electron chi connectivity index (χ0n) is 20.9. The Bertz CT molecular complexity index is 1320. The number of aryl methyl sites for hydroxylation is 2. The number of methoxy groups -OCH3 is 2. The Balaban J connectivity index is 1.67. The molecular formula is C26H30N4O3S2. The van der Waals surface area contributed by atoms with Gasteiger partial charge in [0, 0.05) is 24.1 Å². The predicted octanol–water partition coefficient (Wildman–Crippen LogP) is 5.91. The summed E-state index contributed by atoms with van der Waals surface area (Å²) in [4.78, 5) is 14.3. The quantitative estimate of drug-likeness (QED) is 0.195. The minimum Gasteiger partial charge on any atom is -0.495 e. The van der Waals surface area contributed by atoms with Crippen molar-refractivity contribution in [2.24, 2.45) is 0 Å². The van der Waals surface area contributed by atoms with E-state index >= 15 is 0 Å². The van der Waals surface area contributed by atoms with Crippen LogP contribution in [0.5, 0.6) is 5.75 Å². The van der Waals surface area contributed by atoms with Crippen LogP contribution in [-0.4, -0.2) is 51.7 Å². The van der Waals surface area contributed by atoms with Gasteiger partial charge in [0.25, 0.3) is 0 Å². The fraction of sp³-hybridized carbons (Fsp3) is 0.346. The Morgan fingerprint density at radius 3 is 2.63 bits per heavy atom. The molecule has 0 N–H and O–H groups in total. The predicted molar refractivity (Wildman–Crippen MR) is 142 cm³/mol. The molecule has 0 amide bonds. The van der Waals surface area contributed by atoms with Gasteiger partial charge in [0.2, 0.25) is 0 Å². The molecule has 35 heavy (non-hydrogen) atoms. The van der Waals surface area contributed by atoms with Crippen molar-refractivity contribution in [3.05, 3.63) is 64.3 Å². The summed E-state index contributed by atoms with van der Waals surface area (Å²) in [5, 5.41) is 11.6. The molecule has 0 bridgehead atoms. The number of carbonyl (C=O) groups is 1. The largest absolute Gasteiger partial charge is 0.495 e. The average molecular weight is 511 g/mol. The smallest absolute Gasteiger partial charge is 0.196 e. The molecule has 184 valence electrons. The summed E-state index contributed by atoms with van der Waals surface area (Å²) in [5.74, 6) is 1.75. The number of ether oxygens (including phenoxy) is 2. The molecule has 0 aliphatic rings. The molecular weight excluding hydrogens is 480 g/mol. The molecule has 0 radical (unpaired) electrons. The molecule has 0 saturated carbocycles. The number of Topliss-reactive ketones (excluding diaryl/α,β-unsaturated/α-hetero) is 1. The molecule has 9 heteroatoms. The van der Waals surface area contributed by atoms with Gasteiger partial charge in [0.15, 0.2) is 16.8 Å². The highest BCUT2D eigenvalue weighted by Gasteiger charge is 2.23. The van der Waals surface area contributed by atoms with Crippen LogP contribution in [0.4, 0.5) is 0 Å². The van der Waals surface area contributed by atoms with Crippen LogP contribution >= 0.6 is 23.1 Å². The van der Waals surface area contributed by atoms with Gasteiger partial charge in [-0.15, -0.1) is 21.5 Å². The summed E-state index contributed by atoms with van der Waals surface area (Å²) in [5.41, 5.74) is 4.68. The molecule has 0 fully saturated rings. The van der Waals surface area contributed by atoms with E-state index in [1.165, 1.54) is 11.8 Å². The molecule has 7 nitrogen and oxygen atoms in total. The van der Waals surface area contributed by atoms with Gasteiger partial charge >= 0.3 is 0 Å². The van der Waals surface area contributed by atoms with E-state index in [2.05, 4.69) is 27.8 Å². The number of nitrogens with zero attached hydrogens (tertiary/aromatic N) is 4. The lowest BCUT2D eigenvalue weighted by atomic mass is 10.2. The van der Waals surface area contributed by atoms with E-state index in [1.807, 2.05) is 61.1 Å². The molecule has 0 unspecified atom stereocenters. The number of benzene rings is 1. The third-order valence-electron chi connectivity index (χ3n) is 5.92. The van der Waals surface area contributed by atoms with Crippen LogP contribution in [-0.2, 0) is 4.74 Å². The van der Waals surface area contributed by atoms with E-state index in [0.29, 0.717) is 11.8 Å². The zero-order chi connectivity index (χ0) is 25.1. The number of ketones is 1. The van der Waals surface area contributed by atoms with Crippen molar-refractivity contribution >= 4 is 28.9 Å². The van der Waals surface area contributed by atoms with Gasteiger partial charge in [-0.25, -0.2) is 0 Å². The van der Waals surface area contributed by atoms with Crippen LogP contribution in [0.25, 0.3) is 16.4 Å². The van der Waals surface area contributed by atoms with Crippen LogP contribution in [0.15, 0.2) is 46.9 Å². The number of thiophene rings is 1. The number of carbonyl (C=O) groups excluding carboxylic acids is 1. The van der Waals surface area contributed by atoms with E-state index in [4.69, 9.17) is 9.47 Å². The summed E-state index contributed by atoms with van der Waals surface area (Å²) in [6, 6.07) is 12.1. The Labute approximate surface area is 214 Å². The Morgan fingerprint density at radius 1 is 1.14 bits per heavy atom. The molecule has 4 aromatic rings. The number of hydrogen-bond acceptors (Lipinski definition) is 7. The lowest BCUT2D eigenvalue weighted by molar-refractivity contribution is 0.102. The van der Waals surface area contributed by atoms with Gasteiger partial charge in [-0.3, -0.25) is 9.36 Å². The second-order valence-electron chi connectivity index (χ2n) is 8.47. The summed E-state index contributed by atoms with van der Waals surface area (Å²) in [6.07, 6.45) is 0. The lowest BCUT2D eigenvalue weighted by Crippen LogP contribution is -2.15. The normalized spacial score (nSPS) is 12.2. The maximum absolute atomic E-state index is 13.3. The van der Waals surface area contributed by atoms with Gasteiger partial charge in [-0.1, -0.05) is 23.9 Å². The van der Waals surface area contributed by atoms with Crippen LogP contribution in [0.2, 0.25) is 0 Å². The first-order valence-corrected chi connectivity index (χ1v) is 13.2. The summed E-state index contributed by atoms with van der Waals surface area (Å²) in [7, 11) is 3.34. The monoisotopic (exact) mass is 510 g/mol. The molecule has 1 atom stereocenters. The van der Waals surface area contributed by atoms with Crippen molar-refractivity contribution in [3.63, 3.8) is 0 Å². The first-order chi connectivity index (χ1) is 16.8. The molecule has 3 heterocycles. The second-order valence-corrected chi connectivity index (χ2v) is 10.4. The van der Waals surface area contributed by atoms with Gasteiger partial charge in [-0.2, -0.15) is 0 Å². The van der Waals surface area contributed by atoms with Crippen molar-refractivity contribution < 1.29 is 14.3 Å². The van der Waals surface area contributed by atoms with Gasteiger partial charge < -0.3 is 14.0 Å². The van der Waals surface area contributed by atoms with Crippen molar-refractivity contribution in [3.8, 4) is 22.1 Å². The number of aromatic nitrogens is 4. The standard InChI is InChI=1S/C26H30N4O3S2/c1-16-9-10-23(33-6)21(12-16)30-25(24-8-7-11-34-24)27-28-26(30)35-15-22(31)20-13-17(2)29(19(20)4)18(3)14-32-5/h7-13,18H,14-15H2,1-6H3/t18-/m1/s1. The van der Waals surface area contributed by atoms with E-state index in [0.717, 1.165) is 44.7 Å². The first kappa shape index (κ1) is 25.2. The number of thioether (sulfide) groups is 1. The lowest BCUT2D eigenvalue weighted by Gasteiger charge is -2.17. The van der Waals surface area contributed by atoms with Gasteiger partial charge in [0.1, 0.15) is 5.75 Å². The minimum atomic E-state index is 0.0578. The molecule has 4 rings (SSSR count). The first-order valence-electron chi connectivity index (χ1n) is 11.3. The number of hydrogen-bond donors (Lipinski definition) is 0. The van der Waals surface area contributed by atoms with Crippen molar-refractivity contribution in [1.82, 2.24) is 19.3 Å². The molecule has 0 aliphatic carbocycles. The Kier molecular flexibility index (Phi) is 7.78. The minimum absolute atomic E-state index is 0.0578.